The first kappa shape index (κ1) is 13.5. The standard InChI is InChI=1S/C12H14N2O2S/c1-8(2)16-11(15)7-17-12-10(6-13)9(3)4-5-14-12/h4-5,8H,7H2,1-3H3. The molecular weight excluding hydrogens is 236 g/mol. The Morgan fingerprint density at radius 3 is 2.94 bits per heavy atom. The average Bonchev–Trinajstić information content (AvgIpc) is 2.25. The number of hydrogen-bond donors (Lipinski definition) is 0. The molecule has 1 aromatic rings. The summed E-state index contributed by atoms with van der Waals surface area (Å²) in [6, 6.07) is 3.87. The minimum absolute atomic E-state index is 0.121. The van der Waals surface area contributed by atoms with Gasteiger partial charge in [0.05, 0.1) is 17.4 Å². The number of thioether (sulfide) groups is 1. The third kappa shape index (κ3) is 4.08. The number of hydrogen-bond acceptors (Lipinski definition) is 5. The lowest BCUT2D eigenvalue weighted by molar-refractivity contribution is -0.144. The molecule has 0 aliphatic carbocycles. The Bertz CT molecular complexity index is 452. The Hall–Kier alpha value is -1.54. The zero-order valence-electron chi connectivity index (χ0n) is 10.1. The molecule has 0 bridgehead atoms. The number of carbonyl (C=O) groups is 1. The molecule has 0 spiro atoms. The lowest BCUT2D eigenvalue weighted by atomic mass is 10.2. The first-order chi connectivity index (χ1) is 8.04. The van der Waals surface area contributed by atoms with Crippen LogP contribution in [-0.2, 0) is 9.53 Å². The van der Waals surface area contributed by atoms with Crippen LogP contribution in [0.15, 0.2) is 17.3 Å². The monoisotopic (exact) mass is 250 g/mol. The predicted octanol–water partition coefficient (Wildman–Crippen LogP) is 2.31. The van der Waals surface area contributed by atoms with Gasteiger partial charge >= 0.3 is 5.97 Å². The largest absolute Gasteiger partial charge is 0.462 e. The summed E-state index contributed by atoms with van der Waals surface area (Å²) in [5.74, 6) is -0.124. The van der Waals surface area contributed by atoms with Gasteiger partial charge in [-0.1, -0.05) is 11.8 Å². The molecule has 0 radical (unpaired) electrons. The van der Waals surface area contributed by atoms with Gasteiger partial charge in [0.1, 0.15) is 11.1 Å². The van der Waals surface area contributed by atoms with Gasteiger partial charge in [-0.25, -0.2) is 4.98 Å². The molecule has 0 saturated carbocycles. The highest BCUT2D eigenvalue weighted by molar-refractivity contribution is 7.99. The van der Waals surface area contributed by atoms with E-state index in [0.717, 1.165) is 5.56 Å². The molecule has 4 nitrogen and oxygen atoms in total. The van der Waals surface area contributed by atoms with Crippen molar-refractivity contribution >= 4 is 17.7 Å². The highest BCUT2D eigenvalue weighted by Gasteiger charge is 2.11. The SMILES string of the molecule is Cc1ccnc(SCC(=O)OC(C)C)c1C#N. The van der Waals surface area contributed by atoms with Gasteiger partial charge in [-0.2, -0.15) is 5.26 Å². The maximum atomic E-state index is 11.4. The van der Waals surface area contributed by atoms with Crippen LogP contribution in [0, 0.1) is 18.3 Å². The Balaban J connectivity index is 2.67. The van der Waals surface area contributed by atoms with E-state index in [1.54, 1.807) is 26.1 Å². The molecular formula is C12H14N2O2S. The molecule has 1 aromatic heterocycles. The highest BCUT2D eigenvalue weighted by atomic mass is 32.2. The minimum atomic E-state index is -0.294. The van der Waals surface area contributed by atoms with E-state index < -0.39 is 0 Å². The molecule has 0 aromatic carbocycles. The number of aryl methyl sites for hydroxylation is 1. The van der Waals surface area contributed by atoms with Crippen LogP contribution in [0.4, 0.5) is 0 Å². The van der Waals surface area contributed by atoms with Crippen molar-refractivity contribution in [3.63, 3.8) is 0 Å². The third-order valence-corrected chi connectivity index (χ3v) is 2.89. The summed E-state index contributed by atoms with van der Waals surface area (Å²) in [6.45, 7) is 5.44. The topological polar surface area (TPSA) is 63.0 Å². The van der Waals surface area contributed by atoms with E-state index in [1.807, 2.05) is 6.92 Å². The van der Waals surface area contributed by atoms with Gasteiger partial charge in [-0.15, -0.1) is 0 Å². The van der Waals surface area contributed by atoms with E-state index in [2.05, 4.69) is 11.1 Å². The van der Waals surface area contributed by atoms with Gasteiger partial charge in [0.25, 0.3) is 0 Å². The summed E-state index contributed by atoms with van der Waals surface area (Å²) in [7, 11) is 0. The number of ether oxygens (including phenoxy) is 1. The Kier molecular flexibility index (Phi) is 4.98. The van der Waals surface area contributed by atoms with Crippen LogP contribution >= 0.6 is 11.8 Å². The Labute approximate surface area is 105 Å². The molecule has 17 heavy (non-hydrogen) atoms. The molecule has 0 aliphatic heterocycles. The normalized spacial score (nSPS) is 10.1. The van der Waals surface area contributed by atoms with Gasteiger partial charge in [-0.3, -0.25) is 4.79 Å². The van der Waals surface area contributed by atoms with Crippen LogP contribution in [-0.4, -0.2) is 22.8 Å². The molecule has 1 rings (SSSR count). The van der Waals surface area contributed by atoms with Gasteiger partial charge in [-0.05, 0) is 32.4 Å². The number of rotatable bonds is 4. The predicted molar refractivity (Wildman–Crippen MR) is 65.6 cm³/mol. The number of pyridine rings is 1. The lowest BCUT2D eigenvalue weighted by Crippen LogP contribution is -2.13. The second-order valence-corrected chi connectivity index (χ2v) is 4.71. The van der Waals surface area contributed by atoms with Crippen molar-refractivity contribution in [1.29, 1.82) is 5.26 Å². The Morgan fingerprint density at radius 1 is 1.65 bits per heavy atom. The van der Waals surface area contributed by atoms with Crippen molar-refractivity contribution in [1.82, 2.24) is 4.98 Å². The molecule has 0 saturated heterocycles. The van der Waals surface area contributed by atoms with Crippen molar-refractivity contribution in [2.24, 2.45) is 0 Å². The van der Waals surface area contributed by atoms with Crippen LogP contribution in [0.3, 0.4) is 0 Å². The van der Waals surface area contributed by atoms with Gasteiger partial charge in [0, 0.05) is 6.20 Å². The van der Waals surface area contributed by atoms with E-state index in [1.165, 1.54) is 11.8 Å². The summed E-state index contributed by atoms with van der Waals surface area (Å²) in [4.78, 5) is 15.5. The van der Waals surface area contributed by atoms with E-state index in [-0.39, 0.29) is 17.8 Å². The molecule has 0 atom stereocenters. The molecule has 0 N–H and O–H groups in total. The van der Waals surface area contributed by atoms with Crippen molar-refractivity contribution < 1.29 is 9.53 Å². The summed E-state index contributed by atoms with van der Waals surface area (Å²) in [5.41, 5.74) is 1.39. The molecule has 0 amide bonds. The van der Waals surface area contributed by atoms with Crippen LogP contribution in [0.2, 0.25) is 0 Å². The maximum Gasteiger partial charge on any atom is 0.316 e. The summed E-state index contributed by atoms with van der Waals surface area (Å²) in [6.07, 6.45) is 1.51. The fourth-order valence-corrected chi connectivity index (χ4v) is 2.01. The number of carbonyl (C=O) groups excluding carboxylic acids is 1. The molecule has 0 unspecified atom stereocenters. The smallest absolute Gasteiger partial charge is 0.316 e. The van der Waals surface area contributed by atoms with E-state index >= 15 is 0 Å². The first-order valence-corrected chi connectivity index (χ1v) is 6.21. The van der Waals surface area contributed by atoms with Gasteiger partial charge in [0.2, 0.25) is 0 Å². The zero-order chi connectivity index (χ0) is 12.8. The van der Waals surface area contributed by atoms with Gasteiger partial charge < -0.3 is 4.74 Å². The van der Waals surface area contributed by atoms with Crippen LogP contribution in [0.25, 0.3) is 0 Å². The average molecular weight is 250 g/mol. The third-order valence-electron chi connectivity index (χ3n) is 1.93. The zero-order valence-corrected chi connectivity index (χ0v) is 10.9. The molecule has 0 fully saturated rings. The van der Waals surface area contributed by atoms with Crippen molar-refractivity contribution in [2.75, 3.05) is 5.75 Å². The second kappa shape index (κ2) is 6.26. The molecule has 0 aliphatic rings. The fraction of sp³-hybridized carbons (Fsp3) is 0.417. The number of nitrogens with zero attached hydrogens (tertiary/aromatic N) is 2. The maximum absolute atomic E-state index is 11.4. The molecule has 5 heteroatoms. The summed E-state index contributed by atoms with van der Waals surface area (Å²) in [5, 5.41) is 9.57. The minimum Gasteiger partial charge on any atom is -0.462 e. The summed E-state index contributed by atoms with van der Waals surface area (Å²) < 4.78 is 5.01. The van der Waals surface area contributed by atoms with E-state index in [0.29, 0.717) is 10.6 Å². The van der Waals surface area contributed by atoms with E-state index in [9.17, 15) is 4.79 Å². The first-order valence-electron chi connectivity index (χ1n) is 5.22. The molecule has 1 heterocycles. The van der Waals surface area contributed by atoms with Crippen LogP contribution in [0.1, 0.15) is 25.0 Å². The number of esters is 1. The van der Waals surface area contributed by atoms with Crippen LogP contribution < -0.4 is 0 Å². The van der Waals surface area contributed by atoms with Crippen molar-refractivity contribution in [3.05, 3.63) is 23.4 Å². The quantitative estimate of drug-likeness (QED) is 0.606. The highest BCUT2D eigenvalue weighted by Crippen LogP contribution is 2.22. The number of nitriles is 1. The summed E-state index contributed by atoms with van der Waals surface area (Å²) >= 11 is 1.23. The lowest BCUT2D eigenvalue weighted by Gasteiger charge is -2.08. The second-order valence-electron chi connectivity index (χ2n) is 3.75. The fourth-order valence-electron chi connectivity index (χ4n) is 1.20. The Morgan fingerprint density at radius 2 is 2.35 bits per heavy atom. The van der Waals surface area contributed by atoms with Crippen molar-refractivity contribution in [3.8, 4) is 6.07 Å². The molecule has 90 valence electrons. The van der Waals surface area contributed by atoms with E-state index in [4.69, 9.17) is 10.00 Å². The number of aromatic nitrogens is 1. The van der Waals surface area contributed by atoms with Crippen LogP contribution in [0.5, 0.6) is 0 Å². The van der Waals surface area contributed by atoms with Crippen molar-refractivity contribution in [2.45, 2.75) is 31.9 Å². The van der Waals surface area contributed by atoms with Gasteiger partial charge in [0.15, 0.2) is 0 Å².